The van der Waals surface area contributed by atoms with Crippen LogP contribution in [0.25, 0.3) is 0 Å². The summed E-state index contributed by atoms with van der Waals surface area (Å²) in [6, 6.07) is 18.5. The number of rotatable bonds is 11. The molecule has 1 aliphatic heterocycles. The van der Waals surface area contributed by atoms with Gasteiger partial charge in [0.2, 0.25) is 5.60 Å². The average molecular weight is 360 g/mol. The Labute approximate surface area is 175 Å². The van der Waals surface area contributed by atoms with Crippen LogP contribution < -0.4 is 18.9 Å². The van der Waals surface area contributed by atoms with Gasteiger partial charge < -0.3 is 11.3 Å². The van der Waals surface area contributed by atoms with Gasteiger partial charge in [-0.1, -0.05) is 80.3 Å². The standard InChI is InChI=1S/C23H28O3.Li.H/c24-22(25)23(18-26-23)21-17-11-10-16-20(21)15-9-4-2-1-3-6-12-19-13-7-5-8-14-19;;/h5,7-8,10-11,13-14,16-17H,1-4,6,9,12,15,18H2,(H,24,25);;/q;+1;-1. The third-order valence-corrected chi connectivity index (χ3v) is 5.24. The van der Waals surface area contributed by atoms with E-state index in [2.05, 4.69) is 30.3 Å². The second-order valence-electron chi connectivity index (χ2n) is 7.18. The van der Waals surface area contributed by atoms with Crippen LogP contribution >= 0.6 is 0 Å². The van der Waals surface area contributed by atoms with Crippen molar-refractivity contribution in [1.29, 1.82) is 0 Å². The monoisotopic (exact) mass is 360 g/mol. The summed E-state index contributed by atoms with van der Waals surface area (Å²) in [4.78, 5) is 11.5. The summed E-state index contributed by atoms with van der Waals surface area (Å²) in [5.41, 5.74) is 2.32. The van der Waals surface area contributed by atoms with E-state index in [1.54, 1.807) is 0 Å². The molecular weight excluding hydrogens is 331 g/mol. The Hall–Kier alpha value is -1.53. The number of carboxylic acids is 1. The number of aryl methyl sites for hydroxylation is 2. The van der Waals surface area contributed by atoms with Crippen LogP contribution in [-0.2, 0) is 28.0 Å². The molecule has 0 aliphatic carbocycles. The van der Waals surface area contributed by atoms with E-state index in [1.165, 1.54) is 44.1 Å². The Morgan fingerprint density at radius 2 is 1.44 bits per heavy atom. The summed E-state index contributed by atoms with van der Waals surface area (Å²) in [6.45, 7) is 0.292. The van der Waals surface area contributed by atoms with Crippen LogP contribution in [0.15, 0.2) is 54.6 Å². The van der Waals surface area contributed by atoms with Gasteiger partial charge in [0, 0.05) is 5.56 Å². The van der Waals surface area contributed by atoms with Crippen molar-refractivity contribution in [3.05, 3.63) is 71.3 Å². The quantitative estimate of drug-likeness (QED) is 0.380. The molecule has 0 aromatic heterocycles. The van der Waals surface area contributed by atoms with E-state index in [-0.39, 0.29) is 20.3 Å². The van der Waals surface area contributed by atoms with Crippen LogP contribution in [-0.4, -0.2) is 17.7 Å². The van der Waals surface area contributed by atoms with Gasteiger partial charge in [-0.3, -0.25) is 0 Å². The van der Waals surface area contributed by atoms with Crippen LogP contribution in [0.4, 0.5) is 0 Å². The normalized spacial score (nSPS) is 17.9. The largest absolute Gasteiger partial charge is 1.00 e. The Kier molecular flexibility index (Phi) is 8.63. The van der Waals surface area contributed by atoms with E-state index in [0.29, 0.717) is 6.61 Å². The number of aliphatic carboxylic acids is 1. The smallest absolute Gasteiger partial charge is 1.00 e. The molecule has 0 bridgehead atoms. The van der Waals surface area contributed by atoms with E-state index in [1.807, 2.05) is 24.3 Å². The molecule has 3 nitrogen and oxygen atoms in total. The summed E-state index contributed by atoms with van der Waals surface area (Å²) in [5.74, 6) is -0.872. The van der Waals surface area contributed by atoms with Gasteiger partial charge in [0.1, 0.15) is 0 Å². The third kappa shape index (κ3) is 5.97. The van der Waals surface area contributed by atoms with Gasteiger partial charge in [0.05, 0.1) is 6.61 Å². The van der Waals surface area contributed by atoms with Crippen molar-refractivity contribution in [3.8, 4) is 0 Å². The maximum Gasteiger partial charge on any atom is 1.00 e. The fraction of sp³-hybridized carbons (Fsp3) is 0.435. The molecule has 0 amide bonds. The number of benzene rings is 2. The van der Waals surface area contributed by atoms with Crippen molar-refractivity contribution in [1.82, 2.24) is 0 Å². The third-order valence-electron chi connectivity index (χ3n) is 5.24. The van der Waals surface area contributed by atoms with E-state index < -0.39 is 11.6 Å². The predicted molar refractivity (Wildman–Crippen MR) is 104 cm³/mol. The fourth-order valence-electron chi connectivity index (χ4n) is 3.59. The van der Waals surface area contributed by atoms with Gasteiger partial charge in [-0.05, 0) is 36.8 Å². The fourth-order valence-corrected chi connectivity index (χ4v) is 3.59. The van der Waals surface area contributed by atoms with Crippen LogP contribution in [0.1, 0.15) is 56.6 Å². The van der Waals surface area contributed by atoms with Crippen molar-refractivity contribution in [2.24, 2.45) is 0 Å². The molecule has 3 rings (SSSR count). The first-order valence-electron chi connectivity index (χ1n) is 9.72. The van der Waals surface area contributed by atoms with Gasteiger partial charge >= 0.3 is 24.8 Å². The second-order valence-corrected chi connectivity index (χ2v) is 7.18. The molecule has 1 fully saturated rings. The number of hydrogen-bond acceptors (Lipinski definition) is 2. The SMILES string of the molecule is O=C(O)C1(c2ccccc2CCCCCCCCc2ccccc2)CO1.[H-].[Li+]. The minimum Gasteiger partial charge on any atom is -1.00 e. The minimum absolute atomic E-state index is 0. The Balaban J connectivity index is 0.00000196. The topological polar surface area (TPSA) is 49.8 Å². The summed E-state index contributed by atoms with van der Waals surface area (Å²) >= 11 is 0. The first-order valence-corrected chi connectivity index (χ1v) is 9.72. The van der Waals surface area contributed by atoms with Gasteiger partial charge in [-0.2, -0.15) is 0 Å². The van der Waals surface area contributed by atoms with Gasteiger partial charge in [-0.15, -0.1) is 0 Å². The van der Waals surface area contributed by atoms with Gasteiger partial charge in [0.15, 0.2) is 0 Å². The molecule has 2 aromatic rings. The number of hydrogen-bond donors (Lipinski definition) is 1. The molecule has 1 unspecified atom stereocenters. The van der Waals surface area contributed by atoms with Crippen LogP contribution in [0.5, 0.6) is 0 Å². The molecule has 0 radical (unpaired) electrons. The summed E-state index contributed by atoms with van der Waals surface area (Å²) < 4.78 is 5.29. The zero-order valence-corrected chi connectivity index (χ0v) is 16.3. The maximum absolute atomic E-state index is 11.5. The Bertz CT molecular complexity index is 717. The van der Waals surface area contributed by atoms with Gasteiger partial charge in [0.25, 0.3) is 0 Å². The van der Waals surface area contributed by atoms with Crippen LogP contribution in [0.2, 0.25) is 0 Å². The van der Waals surface area contributed by atoms with Crippen molar-refractivity contribution in [2.45, 2.75) is 57.0 Å². The predicted octanol–water partition coefficient (Wildman–Crippen LogP) is 2.24. The second kappa shape index (κ2) is 10.7. The summed E-state index contributed by atoms with van der Waals surface area (Å²) in [7, 11) is 0. The molecule has 1 heterocycles. The molecular formula is C23H29LiO3. The Morgan fingerprint density at radius 1 is 0.889 bits per heavy atom. The van der Waals surface area contributed by atoms with Gasteiger partial charge in [-0.25, -0.2) is 4.79 Å². The molecule has 2 aromatic carbocycles. The molecule has 1 atom stereocenters. The number of ether oxygens (including phenoxy) is 1. The molecule has 1 N–H and O–H groups in total. The van der Waals surface area contributed by atoms with Crippen LogP contribution in [0.3, 0.4) is 0 Å². The van der Waals surface area contributed by atoms with Crippen molar-refractivity contribution >= 4 is 5.97 Å². The number of carboxylic acid groups (broad SMARTS) is 1. The number of carbonyl (C=O) groups is 1. The Morgan fingerprint density at radius 3 is 2.07 bits per heavy atom. The molecule has 0 saturated carbocycles. The molecule has 1 saturated heterocycles. The van der Waals surface area contributed by atoms with Crippen molar-refractivity contribution < 1.29 is 34.9 Å². The molecule has 4 heteroatoms. The zero-order chi connectivity index (χ0) is 18.2. The molecule has 1 aliphatic rings. The van der Waals surface area contributed by atoms with E-state index in [4.69, 9.17) is 4.74 Å². The summed E-state index contributed by atoms with van der Waals surface area (Å²) in [6.07, 6.45) is 9.46. The molecule has 27 heavy (non-hydrogen) atoms. The maximum atomic E-state index is 11.5. The summed E-state index contributed by atoms with van der Waals surface area (Å²) in [5, 5.41) is 9.43. The molecule has 140 valence electrons. The first-order chi connectivity index (χ1) is 12.7. The first kappa shape index (κ1) is 21.8. The van der Waals surface area contributed by atoms with E-state index >= 15 is 0 Å². The van der Waals surface area contributed by atoms with Crippen LogP contribution in [0, 0.1) is 0 Å². The minimum atomic E-state index is -1.08. The number of unbranched alkanes of at least 4 members (excludes halogenated alkanes) is 5. The van der Waals surface area contributed by atoms with E-state index in [9.17, 15) is 9.90 Å². The zero-order valence-electron chi connectivity index (χ0n) is 17.3. The average Bonchev–Trinajstić information content (AvgIpc) is 3.47. The molecule has 0 spiro atoms. The van der Waals surface area contributed by atoms with Crippen molar-refractivity contribution in [2.75, 3.05) is 6.61 Å². The van der Waals surface area contributed by atoms with Crippen molar-refractivity contribution in [3.63, 3.8) is 0 Å². The van der Waals surface area contributed by atoms with E-state index in [0.717, 1.165) is 24.0 Å². The number of epoxide rings is 1.